The number of furan rings is 1. The summed E-state index contributed by atoms with van der Waals surface area (Å²) in [5.74, 6) is 0. The number of nitrogens with zero attached hydrogens (tertiary/aromatic N) is 1. The summed E-state index contributed by atoms with van der Waals surface area (Å²) in [5, 5.41) is 5.95. The molecule has 1 aromatic heterocycles. The Hall–Kier alpha value is -6.58. The van der Waals surface area contributed by atoms with Gasteiger partial charge in [0.2, 0.25) is 0 Å². The quantitative estimate of drug-likeness (QED) is 0.176. The number of nitrogens with one attached hydrogen (secondary N) is 1. The molecule has 7 aromatic carbocycles. The molecule has 1 heterocycles. The normalized spacial score (nSPS) is 14.7. The van der Waals surface area contributed by atoms with Crippen LogP contribution < -0.4 is 10.2 Å². The molecule has 0 bridgehead atoms. The largest absolute Gasteiger partial charge is 0.456 e. The summed E-state index contributed by atoms with van der Waals surface area (Å²) in [7, 11) is 0. The van der Waals surface area contributed by atoms with Gasteiger partial charge in [-0.2, -0.15) is 0 Å². The third kappa shape index (κ3) is 5.96. The Morgan fingerprint density at radius 1 is 0.621 bits per heavy atom. The summed E-state index contributed by atoms with van der Waals surface area (Å²) in [4.78, 5) is 2.45. The van der Waals surface area contributed by atoms with Crippen LogP contribution in [0.3, 0.4) is 0 Å². The van der Waals surface area contributed by atoms with Crippen molar-refractivity contribution in [2.75, 3.05) is 10.2 Å². The SMILES string of the molecule is CC(C)(C)c1ccc2c(c1)C(C)(C)C1=CCCC(c3ccccc3N(c3ccc(Nc4ccccc4-c4ccccc4)cc3)c3cccc4oc5ccccc5c34)=C12. The second-order valence-corrected chi connectivity index (χ2v) is 17.3. The standard InChI is InChI=1S/C55H48N2O/c1-54(2,3)37-29-34-43-46(35-37)55(4,5)45-23-15-22-42(52(43)45)41-20-10-13-25-48(41)57(49-26-16-28-51-53(49)44-21-11-14-27-50(44)58-51)39-32-30-38(31-33-39)56-47-24-12-9-19-40(47)36-17-7-6-8-18-36/h6-14,16-21,23-35,56H,15,22H2,1-5H3. The van der Waals surface area contributed by atoms with Crippen LogP contribution in [-0.2, 0) is 10.8 Å². The van der Waals surface area contributed by atoms with E-state index in [2.05, 4.69) is 209 Å². The molecule has 10 rings (SSSR count). The molecule has 0 fully saturated rings. The van der Waals surface area contributed by atoms with E-state index in [1.165, 1.54) is 50.1 Å². The lowest BCUT2D eigenvalue weighted by Crippen LogP contribution is -2.18. The van der Waals surface area contributed by atoms with Gasteiger partial charge in [-0.25, -0.2) is 0 Å². The van der Waals surface area contributed by atoms with Crippen LogP contribution in [-0.4, -0.2) is 0 Å². The van der Waals surface area contributed by atoms with Crippen LogP contribution in [0.4, 0.5) is 28.4 Å². The molecule has 0 aliphatic heterocycles. The lowest BCUT2D eigenvalue weighted by Gasteiger charge is -2.31. The molecule has 0 unspecified atom stereocenters. The Kier molecular flexibility index (Phi) is 8.53. The van der Waals surface area contributed by atoms with Crippen LogP contribution in [0.15, 0.2) is 180 Å². The Labute approximate surface area is 342 Å². The minimum atomic E-state index is -0.0878. The van der Waals surface area contributed by atoms with Crippen LogP contribution >= 0.6 is 0 Å². The molecule has 1 N–H and O–H groups in total. The first-order chi connectivity index (χ1) is 28.2. The number of hydrogen-bond donors (Lipinski definition) is 1. The maximum Gasteiger partial charge on any atom is 0.137 e. The molecule has 3 nitrogen and oxygen atoms in total. The van der Waals surface area contributed by atoms with Crippen LogP contribution in [0.2, 0.25) is 0 Å². The van der Waals surface area contributed by atoms with Gasteiger partial charge in [0.15, 0.2) is 0 Å². The van der Waals surface area contributed by atoms with Crippen molar-refractivity contribution >= 4 is 61.5 Å². The topological polar surface area (TPSA) is 28.4 Å². The average molecular weight is 753 g/mol. The van der Waals surface area contributed by atoms with E-state index in [0.717, 1.165) is 63.2 Å². The molecule has 8 aromatic rings. The molecule has 3 heteroatoms. The first-order valence-electron chi connectivity index (χ1n) is 20.6. The number of para-hydroxylation sites is 3. The average Bonchev–Trinajstić information content (AvgIpc) is 3.74. The maximum absolute atomic E-state index is 6.49. The first kappa shape index (κ1) is 35.8. The summed E-state index contributed by atoms with van der Waals surface area (Å²) in [5.41, 5.74) is 19.2. The summed E-state index contributed by atoms with van der Waals surface area (Å²) in [6.45, 7) is 11.8. The molecule has 0 radical (unpaired) electrons. The Morgan fingerprint density at radius 2 is 1.31 bits per heavy atom. The van der Waals surface area contributed by atoms with Crippen molar-refractivity contribution in [3.8, 4) is 11.1 Å². The molecule has 0 saturated heterocycles. The lowest BCUT2D eigenvalue weighted by atomic mass is 9.77. The van der Waals surface area contributed by atoms with Crippen LogP contribution in [0, 0.1) is 0 Å². The number of fused-ring (bicyclic) bond motifs is 6. The Balaban J connectivity index is 1.15. The molecule has 58 heavy (non-hydrogen) atoms. The van der Waals surface area contributed by atoms with Gasteiger partial charge >= 0.3 is 0 Å². The van der Waals surface area contributed by atoms with Gasteiger partial charge in [-0.05, 0) is 112 Å². The van der Waals surface area contributed by atoms with Gasteiger partial charge in [0.05, 0.1) is 16.8 Å². The van der Waals surface area contributed by atoms with E-state index in [-0.39, 0.29) is 10.8 Å². The van der Waals surface area contributed by atoms with E-state index in [4.69, 9.17) is 4.42 Å². The van der Waals surface area contributed by atoms with E-state index in [9.17, 15) is 0 Å². The third-order valence-electron chi connectivity index (χ3n) is 12.3. The highest BCUT2D eigenvalue weighted by Gasteiger charge is 2.41. The van der Waals surface area contributed by atoms with Gasteiger partial charge < -0.3 is 14.6 Å². The molecule has 0 atom stereocenters. The fourth-order valence-electron chi connectivity index (χ4n) is 9.37. The van der Waals surface area contributed by atoms with Gasteiger partial charge in [0.25, 0.3) is 0 Å². The molecule has 2 aliphatic carbocycles. The molecule has 284 valence electrons. The van der Waals surface area contributed by atoms with Crippen molar-refractivity contribution in [3.63, 3.8) is 0 Å². The summed E-state index contributed by atoms with van der Waals surface area (Å²) >= 11 is 0. The number of hydrogen-bond acceptors (Lipinski definition) is 3. The van der Waals surface area contributed by atoms with Gasteiger partial charge in [0, 0.05) is 39.0 Å². The zero-order valence-electron chi connectivity index (χ0n) is 33.9. The van der Waals surface area contributed by atoms with Gasteiger partial charge in [-0.3, -0.25) is 0 Å². The van der Waals surface area contributed by atoms with Crippen LogP contribution in [0.1, 0.15) is 69.7 Å². The van der Waals surface area contributed by atoms with Crippen molar-refractivity contribution in [3.05, 3.63) is 198 Å². The van der Waals surface area contributed by atoms with Crippen molar-refractivity contribution in [2.24, 2.45) is 0 Å². The van der Waals surface area contributed by atoms with E-state index < -0.39 is 0 Å². The summed E-state index contributed by atoms with van der Waals surface area (Å²) < 4.78 is 6.49. The Bertz CT molecular complexity index is 2920. The first-order valence-corrected chi connectivity index (χ1v) is 20.6. The fraction of sp³-hybridized carbons (Fsp3) is 0.164. The zero-order valence-corrected chi connectivity index (χ0v) is 33.9. The van der Waals surface area contributed by atoms with Gasteiger partial charge in [-0.1, -0.05) is 150 Å². The van der Waals surface area contributed by atoms with Crippen LogP contribution in [0.25, 0.3) is 44.2 Å². The van der Waals surface area contributed by atoms with Gasteiger partial charge in [-0.15, -0.1) is 0 Å². The number of anilines is 5. The van der Waals surface area contributed by atoms with Crippen molar-refractivity contribution in [2.45, 2.75) is 58.3 Å². The molecule has 0 saturated carbocycles. The van der Waals surface area contributed by atoms with Crippen molar-refractivity contribution < 1.29 is 4.42 Å². The highest BCUT2D eigenvalue weighted by atomic mass is 16.3. The minimum Gasteiger partial charge on any atom is -0.456 e. The van der Waals surface area contributed by atoms with E-state index in [0.29, 0.717) is 0 Å². The second kappa shape index (κ2) is 13.8. The van der Waals surface area contributed by atoms with E-state index in [1.54, 1.807) is 0 Å². The number of allylic oxidation sites excluding steroid dienone is 4. The minimum absolute atomic E-state index is 0.0756. The third-order valence-corrected chi connectivity index (χ3v) is 12.3. The molecular weight excluding hydrogens is 705 g/mol. The molecule has 0 spiro atoms. The highest BCUT2D eigenvalue weighted by molar-refractivity contribution is 6.14. The fourth-order valence-corrected chi connectivity index (χ4v) is 9.37. The predicted molar refractivity (Wildman–Crippen MR) is 246 cm³/mol. The number of rotatable bonds is 7. The maximum atomic E-state index is 6.49. The van der Waals surface area contributed by atoms with E-state index >= 15 is 0 Å². The monoisotopic (exact) mass is 752 g/mol. The van der Waals surface area contributed by atoms with Crippen molar-refractivity contribution in [1.29, 1.82) is 0 Å². The van der Waals surface area contributed by atoms with Gasteiger partial charge in [0.1, 0.15) is 11.2 Å². The molecular formula is C55H48N2O. The predicted octanol–water partition coefficient (Wildman–Crippen LogP) is 15.7. The highest BCUT2D eigenvalue weighted by Crippen LogP contribution is 2.57. The summed E-state index contributed by atoms with van der Waals surface area (Å²) in [6, 6.07) is 59.1. The lowest BCUT2D eigenvalue weighted by molar-refractivity contribution is 0.584. The zero-order chi connectivity index (χ0) is 39.6. The summed E-state index contributed by atoms with van der Waals surface area (Å²) in [6.07, 6.45) is 4.50. The smallest absolute Gasteiger partial charge is 0.137 e. The van der Waals surface area contributed by atoms with Crippen molar-refractivity contribution in [1.82, 2.24) is 0 Å². The number of benzene rings is 7. The Morgan fingerprint density at radius 3 is 2.12 bits per heavy atom. The van der Waals surface area contributed by atoms with Crippen LogP contribution in [0.5, 0.6) is 0 Å². The molecule has 2 aliphatic rings. The molecule has 0 amide bonds. The van der Waals surface area contributed by atoms with E-state index in [1.807, 2.05) is 6.07 Å². The second-order valence-electron chi connectivity index (χ2n) is 17.3.